The first-order valence-corrected chi connectivity index (χ1v) is 7.83. The van der Waals surface area contributed by atoms with Gasteiger partial charge in [-0.15, -0.1) is 0 Å². The first kappa shape index (κ1) is 15.5. The first-order valence-electron chi connectivity index (χ1n) is 7.83. The number of carbonyl (C=O) groups is 1. The van der Waals surface area contributed by atoms with E-state index in [4.69, 9.17) is 4.42 Å². The molecule has 0 amide bonds. The van der Waals surface area contributed by atoms with Gasteiger partial charge in [0.15, 0.2) is 5.78 Å². The molecule has 3 rings (SSSR count). The van der Waals surface area contributed by atoms with Crippen LogP contribution in [0.15, 0.2) is 52.9 Å². The third-order valence-electron chi connectivity index (χ3n) is 3.94. The average molecular weight is 307 g/mol. The van der Waals surface area contributed by atoms with Crippen molar-refractivity contribution in [2.24, 2.45) is 0 Å². The summed E-state index contributed by atoms with van der Waals surface area (Å²) in [5.74, 6) is 0.803. The summed E-state index contributed by atoms with van der Waals surface area (Å²) in [5, 5.41) is 0.910. The topological polar surface area (TPSA) is 33.5 Å². The number of carbonyl (C=O) groups excluding carboxylic acids is 1. The van der Waals surface area contributed by atoms with Crippen molar-refractivity contribution < 1.29 is 9.21 Å². The summed E-state index contributed by atoms with van der Waals surface area (Å²) in [7, 11) is 3.95. The van der Waals surface area contributed by atoms with E-state index in [-0.39, 0.29) is 5.78 Å². The standard InChI is InChI=1S/C20H21NO2/c1-14-9-10-18-16(13-14)19(17(22)11-12-21(2)3)20(23-18)15-7-5-4-6-8-15/h4-10,13H,11-12H2,1-3H3. The Morgan fingerprint density at radius 2 is 1.83 bits per heavy atom. The summed E-state index contributed by atoms with van der Waals surface area (Å²) in [5.41, 5.74) is 3.54. The summed E-state index contributed by atoms with van der Waals surface area (Å²) >= 11 is 0. The molecule has 0 radical (unpaired) electrons. The first-order chi connectivity index (χ1) is 11.1. The molecule has 0 saturated heterocycles. The van der Waals surface area contributed by atoms with Crippen LogP contribution in [0.5, 0.6) is 0 Å². The molecule has 0 aliphatic heterocycles. The van der Waals surface area contributed by atoms with Crippen LogP contribution in [0.3, 0.4) is 0 Å². The monoisotopic (exact) mass is 307 g/mol. The number of furan rings is 1. The van der Waals surface area contributed by atoms with Crippen LogP contribution in [0.4, 0.5) is 0 Å². The Bertz CT molecular complexity index is 831. The van der Waals surface area contributed by atoms with Gasteiger partial charge in [0.1, 0.15) is 11.3 Å². The molecule has 3 nitrogen and oxygen atoms in total. The Balaban J connectivity index is 2.15. The predicted octanol–water partition coefficient (Wildman–Crippen LogP) is 4.54. The molecular formula is C20H21NO2. The van der Waals surface area contributed by atoms with E-state index in [0.29, 0.717) is 17.7 Å². The number of aryl methyl sites for hydroxylation is 1. The van der Waals surface area contributed by atoms with Gasteiger partial charge in [0.05, 0.1) is 5.56 Å². The fourth-order valence-electron chi connectivity index (χ4n) is 2.73. The smallest absolute Gasteiger partial charge is 0.168 e. The average Bonchev–Trinajstić information content (AvgIpc) is 2.92. The van der Waals surface area contributed by atoms with Gasteiger partial charge in [-0.1, -0.05) is 42.0 Å². The molecule has 1 heterocycles. The molecule has 0 bridgehead atoms. The number of rotatable bonds is 5. The van der Waals surface area contributed by atoms with Crippen LogP contribution in [0.2, 0.25) is 0 Å². The molecule has 2 aromatic carbocycles. The quantitative estimate of drug-likeness (QED) is 0.649. The van der Waals surface area contributed by atoms with Crippen molar-refractivity contribution in [2.45, 2.75) is 13.3 Å². The molecule has 23 heavy (non-hydrogen) atoms. The molecule has 0 aliphatic carbocycles. The van der Waals surface area contributed by atoms with E-state index in [2.05, 4.69) is 0 Å². The molecular weight excluding hydrogens is 286 g/mol. The number of hydrogen-bond acceptors (Lipinski definition) is 3. The second-order valence-corrected chi connectivity index (χ2v) is 6.15. The molecule has 0 unspecified atom stereocenters. The fraction of sp³-hybridized carbons (Fsp3) is 0.250. The maximum Gasteiger partial charge on any atom is 0.168 e. The number of fused-ring (bicyclic) bond motifs is 1. The number of nitrogens with zero attached hydrogens (tertiary/aromatic N) is 1. The Hall–Kier alpha value is -2.39. The minimum Gasteiger partial charge on any atom is -0.455 e. The van der Waals surface area contributed by atoms with Gasteiger partial charge in [-0.25, -0.2) is 0 Å². The van der Waals surface area contributed by atoms with E-state index in [9.17, 15) is 4.79 Å². The Morgan fingerprint density at radius 1 is 1.09 bits per heavy atom. The van der Waals surface area contributed by atoms with Crippen molar-refractivity contribution in [1.29, 1.82) is 0 Å². The van der Waals surface area contributed by atoms with Gasteiger partial charge in [-0.2, -0.15) is 0 Å². The molecule has 0 atom stereocenters. The van der Waals surface area contributed by atoms with Crippen molar-refractivity contribution >= 4 is 16.8 Å². The van der Waals surface area contributed by atoms with Gasteiger partial charge in [0.25, 0.3) is 0 Å². The molecule has 1 aromatic heterocycles. The van der Waals surface area contributed by atoms with E-state index in [0.717, 1.165) is 28.6 Å². The lowest BCUT2D eigenvalue weighted by Crippen LogP contribution is -2.16. The van der Waals surface area contributed by atoms with Crippen molar-refractivity contribution in [3.8, 4) is 11.3 Å². The number of ketones is 1. The van der Waals surface area contributed by atoms with Crippen LogP contribution >= 0.6 is 0 Å². The molecule has 0 fully saturated rings. The van der Waals surface area contributed by atoms with Crippen molar-refractivity contribution in [1.82, 2.24) is 4.90 Å². The lowest BCUT2D eigenvalue weighted by molar-refractivity contribution is 0.0974. The van der Waals surface area contributed by atoms with Crippen molar-refractivity contribution in [3.05, 3.63) is 59.7 Å². The number of benzene rings is 2. The third-order valence-corrected chi connectivity index (χ3v) is 3.94. The van der Waals surface area contributed by atoms with Crippen LogP contribution in [-0.2, 0) is 0 Å². The van der Waals surface area contributed by atoms with E-state index >= 15 is 0 Å². The molecule has 0 aliphatic rings. The van der Waals surface area contributed by atoms with Gasteiger partial charge >= 0.3 is 0 Å². The highest BCUT2D eigenvalue weighted by atomic mass is 16.3. The molecule has 118 valence electrons. The summed E-state index contributed by atoms with van der Waals surface area (Å²) < 4.78 is 6.03. The zero-order chi connectivity index (χ0) is 16.4. The molecule has 0 saturated carbocycles. The predicted molar refractivity (Wildman–Crippen MR) is 93.9 cm³/mol. The SMILES string of the molecule is Cc1ccc2oc(-c3ccccc3)c(C(=O)CCN(C)C)c2c1. The zero-order valence-corrected chi connectivity index (χ0v) is 13.8. The normalized spacial score (nSPS) is 11.3. The van der Waals surface area contributed by atoms with E-state index in [1.165, 1.54) is 0 Å². The highest BCUT2D eigenvalue weighted by Crippen LogP contribution is 2.34. The summed E-state index contributed by atoms with van der Waals surface area (Å²) in [4.78, 5) is 14.9. The van der Waals surface area contributed by atoms with Gasteiger partial charge in [0.2, 0.25) is 0 Å². The largest absolute Gasteiger partial charge is 0.455 e. The Kier molecular flexibility index (Phi) is 4.30. The van der Waals surface area contributed by atoms with Gasteiger partial charge in [0, 0.05) is 23.9 Å². The van der Waals surface area contributed by atoms with Gasteiger partial charge in [-0.3, -0.25) is 4.79 Å². The maximum atomic E-state index is 12.8. The molecule has 3 aromatic rings. The lowest BCUT2D eigenvalue weighted by Gasteiger charge is -2.08. The number of hydrogen-bond donors (Lipinski definition) is 0. The van der Waals surface area contributed by atoms with Crippen LogP contribution < -0.4 is 0 Å². The summed E-state index contributed by atoms with van der Waals surface area (Å²) in [6.07, 6.45) is 0.482. The minimum absolute atomic E-state index is 0.127. The second-order valence-electron chi connectivity index (χ2n) is 6.15. The molecule has 0 N–H and O–H groups in total. The lowest BCUT2D eigenvalue weighted by atomic mass is 9.99. The highest BCUT2D eigenvalue weighted by Gasteiger charge is 2.21. The van der Waals surface area contributed by atoms with E-state index in [1.807, 2.05) is 74.4 Å². The molecule has 0 spiro atoms. The summed E-state index contributed by atoms with van der Waals surface area (Å²) in [6, 6.07) is 15.8. The second kappa shape index (κ2) is 6.39. The van der Waals surface area contributed by atoms with E-state index in [1.54, 1.807) is 0 Å². The van der Waals surface area contributed by atoms with Crippen molar-refractivity contribution in [2.75, 3.05) is 20.6 Å². The fourth-order valence-corrected chi connectivity index (χ4v) is 2.73. The Morgan fingerprint density at radius 3 is 2.52 bits per heavy atom. The zero-order valence-electron chi connectivity index (χ0n) is 13.8. The number of Topliss-reactive ketones (excluding diaryl/α,β-unsaturated/α-hetero) is 1. The van der Waals surface area contributed by atoms with Crippen molar-refractivity contribution in [3.63, 3.8) is 0 Å². The van der Waals surface area contributed by atoms with Gasteiger partial charge in [-0.05, 0) is 33.2 Å². The summed E-state index contributed by atoms with van der Waals surface area (Å²) in [6.45, 7) is 2.76. The van der Waals surface area contributed by atoms with Crippen LogP contribution in [0.25, 0.3) is 22.3 Å². The third kappa shape index (κ3) is 3.20. The van der Waals surface area contributed by atoms with Gasteiger partial charge < -0.3 is 9.32 Å². The van der Waals surface area contributed by atoms with Crippen LogP contribution in [-0.4, -0.2) is 31.3 Å². The molecule has 3 heteroatoms. The minimum atomic E-state index is 0.127. The maximum absolute atomic E-state index is 12.8. The van der Waals surface area contributed by atoms with E-state index < -0.39 is 0 Å². The highest BCUT2D eigenvalue weighted by molar-refractivity contribution is 6.12. The Labute approximate surface area is 136 Å². The van der Waals surface area contributed by atoms with Crippen LogP contribution in [0, 0.1) is 6.92 Å². The van der Waals surface area contributed by atoms with Crippen LogP contribution in [0.1, 0.15) is 22.3 Å².